The lowest BCUT2D eigenvalue weighted by molar-refractivity contribution is 0.0526. The quantitative estimate of drug-likeness (QED) is 0.673. The topological polar surface area (TPSA) is 65.2 Å². The highest BCUT2D eigenvalue weighted by atomic mass is 32.1. The summed E-state index contributed by atoms with van der Waals surface area (Å²) in [5, 5.41) is 6.05. The molecule has 1 aromatic carbocycles. The summed E-state index contributed by atoms with van der Waals surface area (Å²) < 4.78 is 23.3. The summed E-state index contributed by atoms with van der Waals surface area (Å²) in [5.41, 5.74) is 2.53. The van der Waals surface area contributed by atoms with Gasteiger partial charge in [-0.3, -0.25) is 0 Å². The maximum atomic E-state index is 13.1. The van der Waals surface area contributed by atoms with Crippen molar-refractivity contribution in [2.24, 2.45) is 0 Å². The van der Waals surface area contributed by atoms with E-state index in [0.29, 0.717) is 34.9 Å². The first-order chi connectivity index (χ1) is 11.1. The SMILES string of the molecule is CCOC(=O)c1nc(-c2c(-c3ccc(F)cc3)noc2C)cs1. The van der Waals surface area contributed by atoms with Crippen LogP contribution in [0.25, 0.3) is 22.5 Å². The van der Waals surface area contributed by atoms with E-state index in [-0.39, 0.29) is 10.8 Å². The molecule has 0 saturated carbocycles. The molecule has 0 N–H and O–H groups in total. The average Bonchev–Trinajstić information content (AvgIpc) is 3.15. The van der Waals surface area contributed by atoms with Crippen molar-refractivity contribution in [2.45, 2.75) is 13.8 Å². The van der Waals surface area contributed by atoms with Gasteiger partial charge in [0, 0.05) is 10.9 Å². The fraction of sp³-hybridized carbons (Fsp3) is 0.188. The van der Waals surface area contributed by atoms with Crippen molar-refractivity contribution in [2.75, 3.05) is 6.61 Å². The van der Waals surface area contributed by atoms with Crippen LogP contribution in [0, 0.1) is 12.7 Å². The van der Waals surface area contributed by atoms with Crippen molar-refractivity contribution in [1.29, 1.82) is 0 Å². The Hall–Kier alpha value is -2.54. The normalized spacial score (nSPS) is 10.7. The van der Waals surface area contributed by atoms with Gasteiger partial charge in [0.2, 0.25) is 5.01 Å². The number of rotatable bonds is 4. The smallest absolute Gasteiger partial charge is 0.367 e. The highest BCUT2D eigenvalue weighted by Crippen LogP contribution is 2.34. The van der Waals surface area contributed by atoms with Gasteiger partial charge >= 0.3 is 5.97 Å². The van der Waals surface area contributed by atoms with Crippen molar-refractivity contribution in [1.82, 2.24) is 10.1 Å². The van der Waals surface area contributed by atoms with Gasteiger partial charge in [0.05, 0.1) is 17.9 Å². The summed E-state index contributed by atoms with van der Waals surface area (Å²) in [5.74, 6) is -0.208. The van der Waals surface area contributed by atoms with E-state index in [1.807, 2.05) is 0 Å². The molecule has 7 heteroatoms. The van der Waals surface area contributed by atoms with E-state index in [4.69, 9.17) is 9.26 Å². The molecule has 23 heavy (non-hydrogen) atoms. The molecule has 0 aliphatic rings. The summed E-state index contributed by atoms with van der Waals surface area (Å²) in [7, 11) is 0. The van der Waals surface area contributed by atoms with Gasteiger partial charge in [0.25, 0.3) is 0 Å². The Labute approximate surface area is 135 Å². The lowest BCUT2D eigenvalue weighted by Gasteiger charge is -2.00. The monoisotopic (exact) mass is 332 g/mol. The van der Waals surface area contributed by atoms with Crippen molar-refractivity contribution < 1.29 is 18.4 Å². The Bertz CT molecular complexity index is 839. The first-order valence-electron chi connectivity index (χ1n) is 6.95. The molecular weight excluding hydrogens is 319 g/mol. The second-order valence-corrected chi connectivity index (χ2v) is 5.59. The van der Waals surface area contributed by atoms with Gasteiger partial charge in [-0.15, -0.1) is 11.3 Å². The molecule has 0 radical (unpaired) electrons. The minimum absolute atomic E-state index is 0.271. The number of carbonyl (C=O) groups excluding carboxylic acids is 1. The third-order valence-corrected chi connectivity index (χ3v) is 4.01. The van der Waals surface area contributed by atoms with Gasteiger partial charge in [-0.25, -0.2) is 14.2 Å². The fourth-order valence-electron chi connectivity index (χ4n) is 2.15. The van der Waals surface area contributed by atoms with Gasteiger partial charge in [-0.2, -0.15) is 0 Å². The Kier molecular flexibility index (Phi) is 4.20. The molecule has 0 bridgehead atoms. The minimum Gasteiger partial charge on any atom is -0.461 e. The second kappa shape index (κ2) is 6.29. The zero-order valence-electron chi connectivity index (χ0n) is 12.5. The van der Waals surface area contributed by atoms with Crippen LogP contribution in [-0.2, 0) is 4.74 Å². The molecule has 2 aromatic heterocycles. The van der Waals surface area contributed by atoms with Crippen LogP contribution in [0.15, 0.2) is 34.2 Å². The highest BCUT2D eigenvalue weighted by Gasteiger charge is 2.21. The van der Waals surface area contributed by atoms with Crippen molar-refractivity contribution >= 4 is 17.3 Å². The van der Waals surface area contributed by atoms with Crippen molar-refractivity contribution in [3.8, 4) is 22.5 Å². The largest absolute Gasteiger partial charge is 0.461 e. The van der Waals surface area contributed by atoms with Crippen LogP contribution in [-0.4, -0.2) is 22.7 Å². The van der Waals surface area contributed by atoms with E-state index in [1.54, 1.807) is 31.4 Å². The van der Waals surface area contributed by atoms with Gasteiger partial charge in [-0.1, -0.05) is 5.16 Å². The zero-order chi connectivity index (χ0) is 16.4. The van der Waals surface area contributed by atoms with Crippen LogP contribution >= 0.6 is 11.3 Å². The molecule has 0 saturated heterocycles. The first-order valence-corrected chi connectivity index (χ1v) is 7.83. The number of hydrogen-bond acceptors (Lipinski definition) is 6. The van der Waals surface area contributed by atoms with Crippen LogP contribution in [0.5, 0.6) is 0 Å². The third kappa shape index (κ3) is 3.00. The summed E-state index contributed by atoms with van der Waals surface area (Å²) >= 11 is 1.20. The van der Waals surface area contributed by atoms with E-state index in [1.165, 1.54) is 23.5 Å². The van der Waals surface area contributed by atoms with E-state index < -0.39 is 5.97 Å². The summed E-state index contributed by atoms with van der Waals surface area (Å²) in [4.78, 5) is 16.1. The van der Waals surface area contributed by atoms with E-state index in [9.17, 15) is 9.18 Å². The highest BCUT2D eigenvalue weighted by molar-refractivity contribution is 7.11. The first kappa shape index (κ1) is 15.4. The Morgan fingerprint density at radius 1 is 1.35 bits per heavy atom. The van der Waals surface area contributed by atoms with E-state index >= 15 is 0 Å². The molecule has 5 nitrogen and oxygen atoms in total. The Morgan fingerprint density at radius 3 is 2.78 bits per heavy atom. The number of aromatic nitrogens is 2. The van der Waals surface area contributed by atoms with Crippen LogP contribution < -0.4 is 0 Å². The lowest BCUT2D eigenvalue weighted by Crippen LogP contribution is -2.03. The number of halogens is 1. The Balaban J connectivity index is 2.02. The molecule has 3 aromatic rings. The molecule has 2 heterocycles. The molecule has 0 amide bonds. The summed E-state index contributed by atoms with van der Waals surface area (Å²) in [6.07, 6.45) is 0. The molecule has 0 fully saturated rings. The molecule has 0 atom stereocenters. The van der Waals surface area contributed by atoms with Gasteiger partial charge in [0.1, 0.15) is 17.3 Å². The van der Waals surface area contributed by atoms with Crippen LogP contribution in [0.2, 0.25) is 0 Å². The molecule has 0 aliphatic carbocycles. The van der Waals surface area contributed by atoms with Gasteiger partial charge in [0.15, 0.2) is 0 Å². The van der Waals surface area contributed by atoms with Crippen LogP contribution in [0.4, 0.5) is 4.39 Å². The predicted molar refractivity (Wildman–Crippen MR) is 83.7 cm³/mol. The predicted octanol–water partition coefficient (Wildman–Crippen LogP) is 4.09. The number of nitrogens with zero attached hydrogens (tertiary/aromatic N) is 2. The van der Waals surface area contributed by atoms with Crippen LogP contribution in [0.1, 0.15) is 22.5 Å². The second-order valence-electron chi connectivity index (χ2n) is 4.73. The van der Waals surface area contributed by atoms with E-state index in [2.05, 4.69) is 10.1 Å². The fourth-order valence-corrected chi connectivity index (χ4v) is 2.85. The van der Waals surface area contributed by atoms with Crippen LogP contribution in [0.3, 0.4) is 0 Å². The zero-order valence-corrected chi connectivity index (χ0v) is 13.3. The summed E-state index contributed by atoms with van der Waals surface area (Å²) in [6.45, 7) is 3.79. The molecule has 118 valence electrons. The minimum atomic E-state index is -0.457. The maximum Gasteiger partial charge on any atom is 0.367 e. The van der Waals surface area contributed by atoms with Crippen molar-refractivity contribution in [3.63, 3.8) is 0 Å². The van der Waals surface area contributed by atoms with E-state index in [0.717, 1.165) is 0 Å². The number of aryl methyl sites for hydroxylation is 1. The summed E-state index contributed by atoms with van der Waals surface area (Å²) in [6, 6.07) is 5.95. The maximum absolute atomic E-state index is 13.1. The number of carbonyl (C=O) groups is 1. The molecule has 0 spiro atoms. The average molecular weight is 332 g/mol. The number of esters is 1. The molecule has 0 aliphatic heterocycles. The number of benzene rings is 1. The number of thiazole rings is 1. The third-order valence-electron chi connectivity index (χ3n) is 3.19. The molecular formula is C16H13FN2O3S. The Morgan fingerprint density at radius 2 is 2.09 bits per heavy atom. The van der Waals surface area contributed by atoms with Crippen molar-refractivity contribution in [3.05, 3.63) is 46.2 Å². The van der Waals surface area contributed by atoms with Gasteiger partial charge < -0.3 is 9.26 Å². The van der Waals surface area contributed by atoms with Gasteiger partial charge in [-0.05, 0) is 38.1 Å². The molecule has 3 rings (SSSR count). The lowest BCUT2D eigenvalue weighted by atomic mass is 10.0. The molecule has 0 unspecified atom stereocenters. The number of ether oxygens (including phenoxy) is 1. The standard InChI is InChI=1S/C16H13FN2O3S/c1-3-21-16(20)15-18-12(8-23-15)13-9(2)22-19-14(13)10-4-6-11(17)7-5-10/h4-8H,3H2,1-2H3. The number of hydrogen-bond donors (Lipinski definition) is 0.